The Morgan fingerprint density at radius 3 is 2.71 bits per heavy atom. The Labute approximate surface area is 167 Å². The molecule has 1 fully saturated rings. The molecule has 1 aliphatic heterocycles. The van der Waals surface area contributed by atoms with Crippen molar-refractivity contribution >= 4 is 0 Å². The van der Waals surface area contributed by atoms with Gasteiger partial charge in [0.05, 0.1) is 0 Å². The summed E-state index contributed by atoms with van der Waals surface area (Å²) in [7, 11) is 2.20. The van der Waals surface area contributed by atoms with E-state index in [2.05, 4.69) is 40.8 Å². The number of nitrogens with zero attached hydrogens (tertiary/aromatic N) is 4. The number of hydrogen-bond donors (Lipinski definition) is 0. The number of piperidine rings is 1. The van der Waals surface area contributed by atoms with Gasteiger partial charge in [0.1, 0.15) is 5.82 Å². The molecule has 2 aromatic rings. The monoisotopic (exact) mass is 388 g/mol. The maximum absolute atomic E-state index is 13.8. The Morgan fingerprint density at radius 1 is 1.29 bits per heavy atom. The number of likely N-dealkylation sites (tertiary alicyclic amines) is 1. The van der Waals surface area contributed by atoms with Crippen LogP contribution in [0.15, 0.2) is 22.7 Å². The van der Waals surface area contributed by atoms with E-state index >= 15 is 0 Å². The van der Waals surface area contributed by atoms with Gasteiger partial charge in [0.25, 0.3) is 0 Å². The maximum atomic E-state index is 13.8. The number of rotatable bonds is 8. The van der Waals surface area contributed by atoms with Crippen LogP contribution in [0.25, 0.3) is 11.4 Å². The van der Waals surface area contributed by atoms with Crippen LogP contribution in [-0.2, 0) is 6.42 Å². The van der Waals surface area contributed by atoms with E-state index in [1.165, 1.54) is 32.0 Å². The van der Waals surface area contributed by atoms with Crippen molar-refractivity contribution in [1.29, 1.82) is 0 Å². The molecule has 0 unspecified atom stereocenters. The molecule has 1 aromatic carbocycles. The van der Waals surface area contributed by atoms with Crippen LogP contribution in [0.4, 0.5) is 4.39 Å². The van der Waals surface area contributed by atoms with E-state index in [9.17, 15) is 4.39 Å². The Kier molecular flexibility index (Phi) is 7.18. The number of aryl methyl sites for hydroxylation is 2. The predicted molar refractivity (Wildman–Crippen MR) is 110 cm³/mol. The molecule has 3 rings (SSSR count). The van der Waals surface area contributed by atoms with Crippen LogP contribution < -0.4 is 0 Å². The van der Waals surface area contributed by atoms with Gasteiger partial charge in [-0.15, -0.1) is 0 Å². The second-order valence-corrected chi connectivity index (χ2v) is 8.50. The van der Waals surface area contributed by atoms with E-state index in [1.54, 1.807) is 13.0 Å². The fourth-order valence-corrected chi connectivity index (χ4v) is 3.89. The number of halogens is 1. The molecule has 0 saturated carbocycles. The first-order valence-electron chi connectivity index (χ1n) is 10.4. The van der Waals surface area contributed by atoms with Crippen molar-refractivity contribution in [3.8, 4) is 11.4 Å². The lowest BCUT2D eigenvalue weighted by molar-refractivity contribution is 0.108. The zero-order valence-electron chi connectivity index (χ0n) is 17.6. The Hall–Kier alpha value is -1.79. The smallest absolute Gasteiger partial charge is 0.227 e. The first-order chi connectivity index (χ1) is 13.4. The van der Waals surface area contributed by atoms with Gasteiger partial charge in [-0.1, -0.05) is 31.1 Å². The van der Waals surface area contributed by atoms with Gasteiger partial charge in [-0.2, -0.15) is 4.98 Å². The van der Waals surface area contributed by atoms with E-state index in [0.29, 0.717) is 34.8 Å². The van der Waals surface area contributed by atoms with Crippen LogP contribution in [0.2, 0.25) is 0 Å². The molecule has 1 saturated heterocycles. The molecule has 0 atom stereocenters. The van der Waals surface area contributed by atoms with Crippen molar-refractivity contribution in [2.24, 2.45) is 5.92 Å². The van der Waals surface area contributed by atoms with Gasteiger partial charge in [0.15, 0.2) is 0 Å². The summed E-state index contributed by atoms with van der Waals surface area (Å²) in [4.78, 5) is 9.52. The highest BCUT2D eigenvalue weighted by molar-refractivity contribution is 5.54. The van der Waals surface area contributed by atoms with E-state index < -0.39 is 0 Å². The highest BCUT2D eigenvalue weighted by Crippen LogP contribution is 2.20. The first kappa shape index (κ1) is 20.9. The summed E-state index contributed by atoms with van der Waals surface area (Å²) in [6, 6.07) is 5.71. The molecule has 0 spiro atoms. The Balaban J connectivity index is 1.55. The average molecular weight is 389 g/mol. The van der Waals surface area contributed by atoms with Crippen LogP contribution in [0.5, 0.6) is 0 Å². The minimum Gasteiger partial charge on any atom is -0.339 e. The highest BCUT2D eigenvalue weighted by atomic mass is 19.1. The minimum absolute atomic E-state index is 0.244. The minimum atomic E-state index is -0.244. The van der Waals surface area contributed by atoms with Gasteiger partial charge in [0, 0.05) is 24.6 Å². The highest BCUT2D eigenvalue weighted by Gasteiger charge is 2.23. The van der Waals surface area contributed by atoms with Crippen LogP contribution in [-0.4, -0.2) is 59.2 Å². The largest absolute Gasteiger partial charge is 0.339 e. The second-order valence-electron chi connectivity index (χ2n) is 8.50. The number of hydrogen-bond acceptors (Lipinski definition) is 5. The molecule has 0 bridgehead atoms. The molecule has 6 heteroatoms. The van der Waals surface area contributed by atoms with Crippen molar-refractivity contribution in [3.63, 3.8) is 0 Å². The zero-order chi connectivity index (χ0) is 20.1. The van der Waals surface area contributed by atoms with Gasteiger partial charge in [0.2, 0.25) is 11.7 Å². The predicted octanol–water partition coefficient (Wildman–Crippen LogP) is 4.17. The normalized spacial score (nSPS) is 16.4. The lowest BCUT2D eigenvalue weighted by atomic mass is 10.0. The molecule has 154 valence electrons. The molecule has 0 N–H and O–H groups in total. The van der Waals surface area contributed by atoms with Crippen LogP contribution in [0.3, 0.4) is 0 Å². The summed E-state index contributed by atoms with van der Waals surface area (Å²) in [6.45, 7) is 10.8. The van der Waals surface area contributed by atoms with Crippen molar-refractivity contribution in [2.75, 3.05) is 33.2 Å². The summed E-state index contributed by atoms with van der Waals surface area (Å²) in [5.74, 6) is 1.50. The molecule has 0 radical (unpaired) electrons. The molecule has 0 amide bonds. The van der Waals surface area contributed by atoms with Gasteiger partial charge in [-0.05, 0) is 70.4 Å². The SMILES string of the molecule is Cc1ccc(-c2noc(CCCN(CC(C)C)C3CCN(C)CC3)n2)cc1F. The third-order valence-electron chi connectivity index (χ3n) is 5.54. The van der Waals surface area contributed by atoms with Crippen molar-refractivity contribution in [2.45, 2.75) is 52.5 Å². The lowest BCUT2D eigenvalue weighted by Crippen LogP contribution is -2.45. The second kappa shape index (κ2) is 9.61. The average Bonchev–Trinajstić information content (AvgIpc) is 3.12. The summed E-state index contributed by atoms with van der Waals surface area (Å²) in [5, 5.41) is 4.03. The quantitative estimate of drug-likeness (QED) is 0.679. The first-order valence-corrected chi connectivity index (χ1v) is 10.4. The molecule has 0 aliphatic carbocycles. The third kappa shape index (κ3) is 5.61. The van der Waals surface area contributed by atoms with Crippen LogP contribution >= 0.6 is 0 Å². The van der Waals surface area contributed by atoms with E-state index in [-0.39, 0.29) is 5.82 Å². The fourth-order valence-electron chi connectivity index (χ4n) is 3.89. The number of benzene rings is 1. The number of aromatic nitrogens is 2. The summed E-state index contributed by atoms with van der Waals surface area (Å²) >= 11 is 0. The van der Waals surface area contributed by atoms with E-state index in [4.69, 9.17) is 4.52 Å². The van der Waals surface area contributed by atoms with Gasteiger partial charge >= 0.3 is 0 Å². The topological polar surface area (TPSA) is 45.4 Å². The zero-order valence-corrected chi connectivity index (χ0v) is 17.6. The lowest BCUT2D eigenvalue weighted by Gasteiger charge is -2.38. The van der Waals surface area contributed by atoms with Crippen molar-refractivity contribution < 1.29 is 8.91 Å². The molecule has 1 aliphatic rings. The van der Waals surface area contributed by atoms with Crippen molar-refractivity contribution in [3.05, 3.63) is 35.5 Å². The summed E-state index contributed by atoms with van der Waals surface area (Å²) in [5.41, 5.74) is 1.28. The van der Waals surface area contributed by atoms with Gasteiger partial charge in [-0.25, -0.2) is 4.39 Å². The molecule has 5 nitrogen and oxygen atoms in total. The third-order valence-corrected chi connectivity index (χ3v) is 5.54. The van der Waals surface area contributed by atoms with Crippen LogP contribution in [0, 0.1) is 18.7 Å². The summed E-state index contributed by atoms with van der Waals surface area (Å²) < 4.78 is 19.2. The van der Waals surface area contributed by atoms with Gasteiger partial charge < -0.3 is 14.3 Å². The Bertz CT molecular complexity index is 753. The molecule has 2 heterocycles. The van der Waals surface area contributed by atoms with Crippen LogP contribution in [0.1, 0.15) is 44.6 Å². The fraction of sp³-hybridized carbons (Fsp3) is 0.636. The maximum Gasteiger partial charge on any atom is 0.227 e. The molecular weight excluding hydrogens is 355 g/mol. The molecule has 28 heavy (non-hydrogen) atoms. The van der Waals surface area contributed by atoms with E-state index in [1.807, 2.05) is 6.07 Å². The molecule has 1 aromatic heterocycles. The summed E-state index contributed by atoms with van der Waals surface area (Å²) in [6.07, 6.45) is 4.23. The standard InChI is InChI=1S/C22H33FN4O/c1-16(2)15-27(19-9-12-26(4)13-10-19)11-5-6-21-24-22(25-28-21)18-8-7-17(3)20(23)14-18/h7-8,14,16,19H,5-6,9-13,15H2,1-4H3. The Morgan fingerprint density at radius 2 is 2.04 bits per heavy atom. The van der Waals surface area contributed by atoms with Gasteiger partial charge in [-0.3, -0.25) is 0 Å². The molecular formula is C22H33FN4O. The van der Waals surface area contributed by atoms with E-state index in [0.717, 1.165) is 25.9 Å². The van der Waals surface area contributed by atoms with Crippen molar-refractivity contribution in [1.82, 2.24) is 19.9 Å².